The maximum Gasteiger partial charge on any atom is 0.227 e. The molecule has 0 aliphatic carbocycles. The minimum absolute atomic E-state index is 0.276. The monoisotopic (exact) mass is 316 g/mol. The minimum Gasteiger partial charge on any atom is -0.492 e. The highest BCUT2D eigenvalue weighted by Crippen LogP contribution is 2.26. The van der Waals surface area contributed by atoms with Crippen LogP contribution in [0, 0.1) is 6.92 Å². The van der Waals surface area contributed by atoms with Crippen LogP contribution < -0.4 is 15.8 Å². The van der Waals surface area contributed by atoms with Gasteiger partial charge in [-0.3, -0.25) is 4.79 Å². The Morgan fingerprint density at radius 1 is 1.18 bits per heavy atom. The third-order valence-electron chi connectivity index (χ3n) is 2.96. The number of nitrogens with one attached hydrogen (secondary N) is 1. The van der Waals surface area contributed by atoms with Crippen LogP contribution in [-0.4, -0.2) is 24.8 Å². The van der Waals surface area contributed by atoms with E-state index >= 15 is 0 Å². The molecule has 0 fully saturated rings. The zero-order valence-corrected chi connectivity index (χ0v) is 13.4. The van der Waals surface area contributed by atoms with Gasteiger partial charge in [0.05, 0.1) is 5.75 Å². The van der Waals surface area contributed by atoms with Crippen molar-refractivity contribution < 1.29 is 9.53 Å². The molecule has 1 amide bonds. The van der Waals surface area contributed by atoms with Crippen LogP contribution in [0.15, 0.2) is 53.4 Å². The largest absolute Gasteiger partial charge is 0.492 e. The van der Waals surface area contributed by atoms with E-state index in [-0.39, 0.29) is 11.7 Å². The number of anilines is 1. The zero-order valence-electron chi connectivity index (χ0n) is 12.5. The highest BCUT2D eigenvalue weighted by Gasteiger charge is 2.04. The molecule has 0 aromatic heterocycles. The van der Waals surface area contributed by atoms with E-state index in [4.69, 9.17) is 10.5 Å². The van der Waals surface area contributed by atoms with Crippen molar-refractivity contribution in [1.29, 1.82) is 0 Å². The van der Waals surface area contributed by atoms with Crippen LogP contribution in [0.2, 0.25) is 0 Å². The molecule has 0 aliphatic heterocycles. The van der Waals surface area contributed by atoms with Crippen molar-refractivity contribution >= 4 is 23.4 Å². The molecule has 2 rings (SSSR count). The fraction of sp³-hybridized carbons (Fsp3) is 0.235. The standard InChI is InChI=1S/C17H20N2O2S/c1-13-6-8-14(9-7-13)21-11-10-19-15-4-2-3-5-16(15)22-12-17(18)20/h2-9,19H,10-12H2,1H3,(H2,18,20). The quantitative estimate of drug-likeness (QED) is 0.580. The number of hydrogen-bond donors (Lipinski definition) is 2. The third-order valence-corrected chi connectivity index (χ3v) is 4.06. The lowest BCUT2D eigenvalue weighted by Gasteiger charge is -2.12. The van der Waals surface area contributed by atoms with Crippen LogP contribution in [0.3, 0.4) is 0 Å². The summed E-state index contributed by atoms with van der Waals surface area (Å²) in [4.78, 5) is 11.9. The molecular formula is C17H20N2O2S. The average Bonchev–Trinajstić information content (AvgIpc) is 2.52. The molecule has 2 aromatic carbocycles. The van der Waals surface area contributed by atoms with Gasteiger partial charge in [0.1, 0.15) is 12.4 Å². The summed E-state index contributed by atoms with van der Waals surface area (Å²) in [5.74, 6) is 0.824. The van der Waals surface area contributed by atoms with E-state index in [0.29, 0.717) is 13.2 Å². The van der Waals surface area contributed by atoms with Crippen molar-refractivity contribution in [3.8, 4) is 5.75 Å². The van der Waals surface area contributed by atoms with Crippen LogP contribution >= 0.6 is 11.8 Å². The molecule has 22 heavy (non-hydrogen) atoms. The number of carbonyl (C=O) groups excluding carboxylic acids is 1. The molecule has 0 bridgehead atoms. The van der Waals surface area contributed by atoms with Crippen molar-refractivity contribution in [3.63, 3.8) is 0 Å². The van der Waals surface area contributed by atoms with Gasteiger partial charge < -0.3 is 15.8 Å². The van der Waals surface area contributed by atoms with Crippen LogP contribution in [0.4, 0.5) is 5.69 Å². The number of para-hydroxylation sites is 1. The fourth-order valence-corrected chi connectivity index (χ4v) is 2.64. The number of carbonyl (C=O) groups is 1. The molecular weight excluding hydrogens is 296 g/mol. The number of primary amides is 1. The number of rotatable bonds is 8. The molecule has 0 atom stereocenters. The number of benzene rings is 2. The van der Waals surface area contributed by atoms with E-state index in [0.717, 1.165) is 16.3 Å². The summed E-state index contributed by atoms with van der Waals surface area (Å²) >= 11 is 1.43. The van der Waals surface area contributed by atoms with E-state index in [2.05, 4.69) is 5.32 Å². The first-order chi connectivity index (χ1) is 10.6. The highest BCUT2D eigenvalue weighted by atomic mass is 32.2. The van der Waals surface area contributed by atoms with E-state index in [9.17, 15) is 4.79 Å². The van der Waals surface area contributed by atoms with Crippen molar-refractivity contribution in [2.75, 3.05) is 24.2 Å². The van der Waals surface area contributed by atoms with E-state index in [1.165, 1.54) is 17.3 Å². The summed E-state index contributed by atoms with van der Waals surface area (Å²) in [6, 6.07) is 15.8. The summed E-state index contributed by atoms with van der Waals surface area (Å²) in [6.07, 6.45) is 0. The maximum absolute atomic E-state index is 10.9. The molecule has 5 heteroatoms. The Bertz CT molecular complexity index is 614. The molecule has 0 saturated carbocycles. The predicted octanol–water partition coefficient (Wildman–Crippen LogP) is 3.06. The second kappa shape index (κ2) is 8.34. The zero-order chi connectivity index (χ0) is 15.8. The minimum atomic E-state index is -0.317. The first-order valence-electron chi connectivity index (χ1n) is 7.08. The molecule has 2 aromatic rings. The first kappa shape index (κ1) is 16.2. The van der Waals surface area contributed by atoms with Crippen molar-refractivity contribution in [2.24, 2.45) is 5.73 Å². The van der Waals surface area contributed by atoms with Gasteiger partial charge in [-0.05, 0) is 31.2 Å². The molecule has 0 saturated heterocycles. The summed E-state index contributed by atoms with van der Waals surface area (Å²) in [5, 5.41) is 3.32. The van der Waals surface area contributed by atoms with Crippen molar-refractivity contribution in [2.45, 2.75) is 11.8 Å². The Kier molecular flexibility index (Phi) is 6.15. The van der Waals surface area contributed by atoms with Crippen LogP contribution in [0.25, 0.3) is 0 Å². The normalized spacial score (nSPS) is 10.2. The molecule has 0 heterocycles. The van der Waals surface area contributed by atoms with E-state index < -0.39 is 0 Å². The van der Waals surface area contributed by atoms with Gasteiger partial charge in [-0.1, -0.05) is 29.8 Å². The number of amides is 1. The summed E-state index contributed by atoms with van der Waals surface area (Å²) in [7, 11) is 0. The second-order valence-electron chi connectivity index (χ2n) is 4.84. The number of hydrogen-bond acceptors (Lipinski definition) is 4. The Morgan fingerprint density at radius 3 is 2.64 bits per heavy atom. The topological polar surface area (TPSA) is 64.3 Å². The van der Waals surface area contributed by atoms with Gasteiger partial charge in [0, 0.05) is 17.1 Å². The smallest absolute Gasteiger partial charge is 0.227 e. The summed E-state index contributed by atoms with van der Waals surface area (Å²) in [6.45, 7) is 3.30. The van der Waals surface area contributed by atoms with Gasteiger partial charge >= 0.3 is 0 Å². The first-order valence-corrected chi connectivity index (χ1v) is 8.07. The Balaban J connectivity index is 1.81. The fourth-order valence-electron chi connectivity index (χ4n) is 1.88. The third kappa shape index (κ3) is 5.33. The molecule has 0 spiro atoms. The summed E-state index contributed by atoms with van der Waals surface area (Å²) < 4.78 is 5.68. The van der Waals surface area contributed by atoms with Gasteiger partial charge in [-0.25, -0.2) is 0 Å². The predicted molar refractivity (Wildman–Crippen MR) is 91.5 cm³/mol. The number of ether oxygens (including phenoxy) is 1. The number of nitrogens with two attached hydrogens (primary N) is 1. The molecule has 4 nitrogen and oxygen atoms in total. The van der Waals surface area contributed by atoms with E-state index in [1.54, 1.807) is 0 Å². The maximum atomic E-state index is 10.9. The molecule has 0 aliphatic rings. The van der Waals surface area contributed by atoms with Gasteiger partial charge in [0.15, 0.2) is 0 Å². The second-order valence-corrected chi connectivity index (χ2v) is 5.86. The lowest BCUT2D eigenvalue weighted by atomic mass is 10.2. The van der Waals surface area contributed by atoms with Crippen LogP contribution in [0.5, 0.6) is 5.75 Å². The molecule has 0 unspecified atom stereocenters. The van der Waals surface area contributed by atoms with Crippen molar-refractivity contribution in [1.82, 2.24) is 0 Å². The van der Waals surface area contributed by atoms with Gasteiger partial charge in [-0.15, -0.1) is 11.8 Å². The SMILES string of the molecule is Cc1ccc(OCCNc2ccccc2SCC(N)=O)cc1. The average molecular weight is 316 g/mol. The highest BCUT2D eigenvalue weighted by molar-refractivity contribution is 8.00. The lowest BCUT2D eigenvalue weighted by molar-refractivity contribution is -0.115. The lowest BCUT2D eigenvalue weighted by Crippen LogP contribution is -2.14. The molecule has 0 radical (unpaired) electrons. The van der Waals surface area contributed by atoms with Gasteiger partial charge in [0.25, 0.3) is 0 Å². The van der Waals surface area contributed by atoms with Crippen LogP contribution in [0.1, 0.15) is 5.56 Å². The number of aryl methyl sites for hydroxylation is 1. The molecule has 116 valence electrons. The molecule has 3 N–H and O–H groups in total. The van der Waals surface area contributed by atoms with Gasteiger partial charge in [-0.2, -0.15) is 0 Å². The van der Waals surface area contributed by atoms with E-state index in [1.807, 2.05) is 55.5 Å². The van der Waals surface area contributed by atoms with Gasteiger partial charge in [0.2, 0.25) is 5.91 Å². The van der Waals surface area contributed by atoms with Crippen LogP contribution in [-0.2, 0) is 4.79 Å². The number of thioether (sulfide) groups is 1. The Morgan fingerprint density at radius 2 is 1.91 bits per heavy atom. The van der Waals surface area contributed by atoms with Crippen molar-refractivity contribution in [3.05, 3.63) is 54.1 Å². The Labute approximate surface area is 135 Å². The summed E-state index contributed by atoms with van der Waals surface area (Å²) in [5.41, 5.74) is 7.39. The Hall–Kier alpha value is -2.14.